The Morgan fingerprint density at radius 2 is 1.36 bits per heavy atom. The maximum atomic E-state index is 6.47. The van der Waals surface area contributed by atoms with Crippen LogP contribution < -0.4 is 4.74 Å². The molecule has 2 aliphatic carbocycles. The summed E-state index contributed by atoms with van der Waals surface area (Å²) in [4.78, 5) is 0. The molecule has 1 aromatic carbocycles. The summed E-state index contributed by atoms with van der Waals surface area (Å²) >= 11 is 0. The molecule has 0 N–H and O–H groups in total. The molecule has 0 bridgehead atoms. The zero-order valence-electron chi connectivity index (χ0n) is 17.3. The molecule has 2 saturated carbocycles. The van der Waals surface area contributed by atoms with E-state index in [0.717, 1.165) is 11.3 Å². The molecule has 0 aromatic heterocycles. The fraction of sp³-hybridized carbons (Fsp3) is 0.739. The van der Waals surface area contributed by atoms with Crippen molar-refractivity contribution in [3.63, 3.8) is 0 Å². The third-order valence-corrected chi connectivity index (χ3v) is 6.85. The second-order valence-electron chi connectivity index (χ2n) is 8.79. The van der Waals surface area contributed by atoms with Crippen LogP contribution in [-0.4, -0.2) is 32.9 Å². The van der Waals surface area contributed by atoms with Crippen molar-refractivity contribution in [3.8, 4) is 5.75 Å². The fourth-order valence-electron chi connectivity index (χ4n) is 5.29. The molecule has 0 spiro atoms. The van der Waals surface area contributed by atoms with E-state index in [0.29, 0.717) is 24.9 Å². The lowest BCUT2D eigenvalue weighted by Gasteiger charge is -2.35. The Morgan fingerprint density at radius 1 is 0.821 bits per heavy atom. The molecule has 4 nitrogen and oxygen atoms in total. The van der Waals surface area contributed by atoms with E-state index in [4.69, 9.17) is 18.8 Å². The van der Waals surface area contributed by atoms with Crippen molar-refractivity contribution in [2.24, 2.45) is 11.8 Å². The molecule has 3 fully saturated rings. The maximum Gasteiger partial charge on any atom is 0.485 e. The van der Waals surface area contributed by atoms with Crippen molar-refractivity contribution >= 4 is 7.12 Å². The molecule has 2 atom stereocenters. The van der Waals surface area contributed by atoms with Gasteiger partial charge < -0.3 is 18.8 Å². The Balaban J connectivity index is 1.32. The van der Waals surface area contributed by atoms with Gasteiger partial charge in [-0.2, -0.15) is 0 Å². The van der Waals surface area contributed by atoms with Crippen LogP contribution >= 0.6 is 0 Å². The first-order valence-corrected chi connectivity index (χ1v) is 11.3. The Bertz CT molecular complexity index is 555. The molecule has 5 heteroatoms. The third kappa shape index (κ3) is 5.11. The normalized spacial score (nSPS) is 27.2. The van der Waals surface area contributed by atoms with Crippen LogP contribution in [0.15, 0.2) is 24.3 Å². The van der Waals surface area contributed by atoms with Crippen LogP contribution in [0.5, 0.6) is 5.75 Å². The summed E-state index contributed by atoms with van der Waals surface area (Å²) in [6.45, 7) is 1.09. The maximum absolute atomic E-state index is 6.47. The predicted molar refractivity (Wildman–Crippen MR) is 111 cm³/mol. The third-order valence-electron chi connectivity index (χ3n) is 6.85. The molecular weight excluding hydrogens is 351 g/mol. The summed E-state index contributed by atoms with van der Waals surface area (Å²) in [7, 11) is 1.48. The van der Waals surface area contributed by atoms with E-state index in [1.165, 1.54) is 64.2 Å². The lowest BCUT2D eigenvalue weighted by Crippen LogP contribution is -2.38. The van der Waals surface area contributed by atoms with Crippen LogP contribution in [0, 0.1) is 11.8 Å². The van der Waals surface area contributed by atoms with Crippen LogP contribution in [0.25, 0.3) is 0 Å². The van der Waals surface area contributed by atoms with Crippen LogP contribution in [0.1, 0.15) is 69.8 Å². The van der Waals surface area contributed by atoms with Gasteiger partial charge in [0.2, 0.25) is 0 Å². The molecule has 4 rings (SSSR count). The van der Waals surface area contributed by atoms with E-state index in [1.54, 1.807) is 7.11 Å². The van der Waals surface area contributed by atoms with Crippen LogP contribution in [0.2, 0.25) is 0 Å². The first kappa shape index (κ1) is 20.2. The number of methoxy groups -OCH3 is 1. The summed E-state index contributed by atoms with van der Waals surface area (Å²) in [5.41, 5.74) is 1.14. The molecule has 3 aliphatic rings. The number of hydrogen-bond donors (Lipinski definition) is 0. The van der Waals surface area contributed by atoms with Crippen LogP contribution in [-0.2, 0) is 20.7 Å². The van der Waals surface area contributed by atoms with Crippen molar-refractivity contribution in [1.82, 2.24) is 0 Å². The molecule has 0 amide bonds. The number of ether oxygens (including phenoxy) is 2. The van der Waals surface area contributed by atoms with E-state index in [-0.39, 0.29) is 19.3 Å². The van der Waals surface area contributed by atoms with E-state index in [2.05, 4.69) is 0 Å². The first-order valence-electron chi connectivity index (χ1n) is 11.3. The second-order valence-corrected chi connectivity index (χ2v) is 8.79. The van der Waals surface area contributed by atoms with Gasteiger partial charge in [0, 0.05) is 0 Å². The molecular formula is C23H35BO4. The summed E-state index contributed by atoms with van der Waals surface area (Å²) in [5.74, 6) is 2.22. The highest BCUT2D eigenvalue weighted by molar-refractivity contribution is 6.45. The summed E-state index contributed by atoms with van der Waals surface area (Å²) in [5, 5.41) is 0. The Morgan fingerprint density at radius 3 is 1.86 bits per heavy atom. The zero-order valence-corrected chi connectivity index (χ0v) is 17.3. The average molecular weight is 386 g/mol. The predicted octanol–water partition coefficient (Wildman–Crippen LogP) is 5.18. The van der Waals surface area contributed by atoms with Gasteiger partial charge >= 0.3 is 7.12 Å². The average Bonchev–Trinajstić information content (AvgIpc) is 3.20. The van der Waals surface area contributed by atoms with Crippen molar-refractivity contribution in [3.05, 3.63) is 29.8 Å². The molecule has 1 aromatic rings. The largest absolute Gasteiger partial charge is 0.497 e. The van der Waals surface area contributed by atoms with Gasteiger partial charge in [-0.1, -0.05) is 50.7 Å². The SMILES string of the molecule is COc1ccc(COCB2O[C@@H](C3CCCCC3)[C@H](C3CCCCC3)O2)cc1. The summed E-state index contributed by atoms with van der Waals surface area (Å²) in [6.07, 6.45) is 13.9. The highest BCUT2D eigenvalue weighted by Crippen LogP contribution is 2.40. The van der Waals surface area contributed by atoms with Gasteiger partial charge in [-0.15, -0.1) is 0 Å². The number of rotatable bonds is 7. The summed E-state index contributed by atoms with van der Waals surface area (Å²) < 4.78 is 24.1. The van der Waals surface area contributed by atoms with E-state index >= 15 is 0 Å². The molecule has 154 valence electrons. The van der Waals surface area contributed by atoms with Gasteiger partial charge in [0.15, 0.2) is 0 Å². The number of hydrogen-bond acceptors (Lipinski definition) is 4. The van der Waals surface area contributed by atoms with Crippen molar-refractivity contribution in [2.45, 2.75) is 83.0 Å². The van der Waals surface area contributed by atoms with E-state index < -0.39 is 0 Å². The highest BCUT2D eigenvalue weighted by Gasteiger charge is 2.46. The van der Waals surface area contributed by atoms with Gasteiger partial charge in [0.1, 0.15) is 5.75 Å². The summed E-state index contributed by atoms with van der Waals surface area (Å²) in [6, 6.07) is 8.04. The minimum absolute atomic E-state index is 0.211. The van der Waals surface area contributed by atoms with E-state index in [1.807, 2.05) is 24.3 Å². The topological polar surface area (TPSA) is 36.9 Å². The van der Waals surface area contributed by atoms with E-state index in [9.17, 15) is 0 Å². The molecule has 1 saturated heterocycles. The lowest BCUT2D eigenvalue weighted by atomic mass is 9.77. The van der Waals surface area contributed by atoms with Crippen molar-refractivity contribution < 1.29 is 18.8 Å². The molecule has 1 heterocycles. The first-order chi connectivity index (χ1) is 13.8. The second kappa shape index (κ2) is 10.1. The van der Waals surface area contributed by atoms with Crippen molar-refractivity contribution in [1.29, 1.82) is 0 Å². The van der Waals surface area contributed by atoms with Crippen molar-refractivity contribution in [2.75, 3.05) is 13.6 Å². The molecule has 0 radical (unpaired) electrons. The minimum atomic E-state index is -0.211. The lowest BCUT2D eigenvalue weighted by molar-refractivity contribution is 0.0324. The molecule has 0 unspecified atom stereocenters. The molecule has 1 aliphatic heterocycles. The van der Waals surface area contributed by atoms with Gasteiger partial charge in [-0.05, 0) is 55.2 Å². The zero-order chi connectivity index (χ0) is 19.2. The van der Waals surface area contributed by atoms with Crippen LogP contribution in [0.3, 0.4) is 0 Å². The Kier molecular flexibility index (Phi) is 7.33. The van der Waals surface area contributed by atoms with Gasteiger partial charge in [0.05, 0.1) is 32.4 Å². The van der Waals surface area contributed by atoms with Gasteiger partial charge in [-0.25, -0.2) is 0 Å². The molecule has 28 heavy (non-hydrogen) atoms. The van der Waals surface area contributed by atoms with Crippen LogP contribution in [0.4, 0.5) is 0 Å². The quantitative estimate of drug-likeness (QED) is 0.605. The monoisotopic (exact) mass is 386 g/mol. The number of benzene rings is 1. The fourth-order valence-corrected chi connectivity index (χ4v) is 5.29. The highest BCUT2D eigenvalue weighted by atomic mass is 16.7. The van der Waals surface area contributed by atoms with Gasteiger partial charge in [-0.3, -0.25) is 0 Å². The minimum Gasteiger partial charge on any atom is -0.497 e. The Hall–Kier alpha value is -1.04. The standard InChI is InChI=1S/C23H35BO4/c1-25-21-14-12-18(13-15-21)16-26-17-24-27-22(19-8-4-2-5-9-19)23(28-24)20-10-6-3-7-11-20/h12-15,19-20,22-23H,2-11,16-17H2,1H3/t22-,23-/m0/s1. The van der Waals surface area contributed by atoms with Gasteiger partial charge in [0.25, 0.3) is 0 Å². The smallest absolute Gasteiger partial charge is 0.485 e. The Labute approximate surface area is 170 Å².